The fourth-order valence-electron chi connectivity index (χ4n) is 0.979. The number of hydrogen-bond donors (Lipinski definition) is 0. The van der Waals surface area contributed by atoms with Crippen LogP contribution in [0, 0.1) is 3.57 Å². The lowest BCUT2D eigenvalue weighted by atomic mass is 10.2. The van der Waals surface area contributed by atoms with Crippen molar-refractivity contribution in [3.63, 3.8) is 0 Å². The fraction of sp³-hybridized carbons (Fsp3) is 0.250. The molecule has 0 aliphatic carbocycles. The van der Waals surface area contributed by atoms with Crippen LogP contribution in [0.15, 0.2) is 6.20 Å². The molecule has 0 bridgehead atoms. The zero-order chi connectivity index (χ0) is 14.1. The standard InChI is InChI=1S/C8H2F6INO2/c9-7(10,11)3-1-16-4(2-17)6(5(3)15)18-8(12,13)14/h1-2H. The average Bonchev–Trinajstić information content (AvgIpc) is 2.17. The van der Waals surface area contributed by atoms with Gasteiger partial charge >= 0.3 is 12.5 Å². The summed E-state index contributed by atoms with van der Waals surface area (Å²) in [5, 5.41) is 0. The number of ether oxygens (including phenoxy) is 1. The zero-order valence-corrected chi connectivity index (χ0v) is 10.2. The van der Waals surface area contributed by atoms with Gasteiger partial charge in [-0.05, 0) is 22.6 Å². The summed E-state index contributed by atoms with van der Waals surface area (Å²) in [6, 6.07) is 0. The zero-order valence-electron chi connectivity index (χ0n) is 8.06. The molecule has 0 fully saturated rings. The second-order valence-corrected chi connectivity index (χ2v) is 3.94. The molecule has 0 saturated heterocycles. The molecule has 1 heterocycles. The molecule has 0 atom stereocenters. The Hall–Kier alpha value is -1.07. The summed E-state index contributed by atoms with van der Waals surface area (Å²) in [4.78, 5) is 13.4. The number of aromatic nitrogens is 1. The SMILES string of the molecule is O=Cc1ncc(C(F)(F)F)c(I)c1OC(F)(F)F. The maximum Gasteiger partial charge on any atom is 0.573 e. The summed E-state index contributed by atoms with van der Waals surface area (Å²) in [6.45, 7) is 0. The summed E-state index contributed by atoms with van der Waals surface area (Å²) in [5.41, 5.74) is -2.27. The number of carbonyl (C=O) groups is 1. The van der Waals surface area contributed by atoms with Gasteiger partial charge in [0.25, 0.3) is 0 Å². The van der Waals surface area contributed by atoms with Crippen LogP contribution in [0.5, 0.6) is 5.75 Å². The lowest BCUT2D eigenvalue weighted by molar-refractivity contribution is -0.275. The third-order valence-electron chi connectivity index (χ3n) is 1.64. The molecule has 0 saturated carbocycles. The third-order valence-corrected chi connectivity index (χ3v) is 2.71. The summed E-state index contributed by atoms with van der Waals surface area (Å²) in [7, 11) is 0. The van der Waals surface area contributed by atoms with Crippen LogP contribution in [0.3, 0.4) is 0 Å². The molecule has 18 heavy (non-hydrogen) atoms. The Balaban J connectivity index is 3.41. The summed E-state index contributed by atoms with van der Waals surface area (Å²) in [6.07, 6.45) is -9.96. The van der Waals surface area contributed by atoms with E-state index >= 15 is 0 Å². The second-order valence-electron chi connectivity index (χ2n) is 2.86. The molecule has 100 valence electrons. The minimum absolute atomic E-state index is 0.122. The number of aldehydes is 1. The van der Waals surface area contributed by atoms with Crippen molar-refractivity contribution in [1.82, 2.24) is 4.98 Å². The molecule has 0 N–H and O–H groups in total. The Morgan fingerprint density at radius 2 is 1.78 bits per heavy atom. The van der Waals surface area contributed by atoms with Crippen molar-refractivity contribution >= 4 is 28.9 Å². The molecule has 1 aromatic rings. The number of nitrogens with zero attached hydrogens (tertiary/aromatic N) is 1. The van der Waals surface area contributed by atoms with Crippen LogP contribution in [0.25, 0.3) is 0 Å². The first-order valence-corrected chi connectivity index (χ1v) is 5.10. The normalized spacial score (nSPS) is 12.4. The van der Waals surface area contributed by atoms with Gasteiger partial charge in [0.1, 0.15) is 5.69 Å². The molecule has 0 amide bonds. The second kappa shape index (κ2) is 4.90. The van der Waals surface area contributed by atoms with Gasteiger partial charge in [-0.1, -0.05) is 0 Å². The van der Waals surface area contributed by atoms with Gasteiger partial charge in [0.05, 0.1) is 9.13 Å². The number of rotatable bonds is 2. The van der Waals surface area contributed by atoms with Crippen LogP contribution in [0.4, 0.5) is 26.3 Å². The van der Waals surface area contributed by atoms with Gasteiger partial charge in [-0.3, -0.25) is 4.79 Å². The van der Waals surface area contributed by atoms with Crippen LogP contribution >= 0.6 is 22.6 Å². The van der Waals surface area contributed by atoms with Crippen LogP contribution < -0.4 is 4.74 Å². The first kappa shape index (κ1) is 15.0. The van der Waals surface area contributed by atoms with Crippen LogP contribution in [-0.2, 0) is 6.18 Å². The summed E-state index contributed by atoms with van der Waals surface area (Å²) >= 11 is 1.01. The highest BCUT2D eigenvalue weighted by Crippen LogP contribution is 2.38. The smallest absolute Gasteiger partial charge is 0.402 e. The Bertz CT molecular complexity index is 470. The Morgan fingerprint density at radius 3 is 2.17 bits per heavy atom. The van der Waals surface area contributed by atoms with Gasteiger partial charge in [0.2, 0.25) is 0 Å². The molecule has 0 spiro atoms. The molecule has 0 aromatic carbocycles. The van der Waals surface area contributed by atoms with Crippen molar-refractivity contribution in [2.75, 3.05) is 0 Å². The molecule has 1 rings (SSSR count). The predicted octanol–water partition coefficient (Wildman–Crippen LogP) is 3.42. The van der Waals surface area contributed by atoms with Gasteiger partial charge < -0.3 is 4.74 Å². The highest BCUT2D eigenvalue weighted by molar-refractivity contribution is 14.1. The van der Waals surface area contributed by atoms with Crippen LogP contribution in [-0.4, -0.2) is 17.6 Å². The summed E-state index contributed by atoms with van der Waals surface area (Å²) < 4.78 is 75.8. The number of carbonyl (C=O) groups excluding carboxylic acids is 1. The summed E-state index contributed by atoms with van der Waals surface area (Å²) in [5.74, 6) is -1.26. The van der Waals surface area contributed by atoms with E-state index in [0.29, 0.717) is 0 Å². The molecule has 0 radical (unpaired) electrons. The molecule has 1 aromatic heterocycles. The minimum Gasteiger partial charge on any atom is -0.402 e. The van der Waals surface area contributed by atoms with Crippen molar-refractivity contribution in [3.8, 4) is 5.75 Å². The van der Waals surface area contributed by atoms with E-state index in [0.717, 1.165) is 22.6 Å². The van der Waals surface area contributed by atoms with E-state index in [4.69, 9.17) is 0 Å². The van der Waals surface area contributed by atoms with Crippen molar-refractivity contribution in [2.24, 2.45) is 0 Å². The fourth-order valence-corrected chi connectivity index (χ4v) is 1.81. The van der Waals surface area contributed by atoms with Gasteiger partial charge in [-0.25, -0.2) is 4.98 Å². The van der Waals surface area contributed by atoms with Crippen molar-refractivity contribution in [2.45, 2.75) is 12.5 Å². The van der Waals surface area contributed by atoms with Crippen molar-refractivity contribution in [3.05, 3.63) is 21.0 Å². The molecule has 0 unspecified atom stereocenters. The van der Waals surface area contributed by atoms with Crippen LogP contribution in [0.2, 0.25) is 0 Å². The van der Waals surface area contributed by atoms with E-state index in [1.807, 2.05) is 0 Å². The molecule has 3 nitrogen and oxygen atoms in total. The highest BCUT2D eigenvalue weighted by atomic mass is 127. The third kappa shape index (κ3) is 3.46. The lowest BCUT2D eigenvalue weighted by Gasteiger charge is -2.15. The van der Waals surface area contributed by atoms with Crippen molar-refractivity contribution < 1.29 is 35.9 Å². The maximum atomic E-state index is 12.4. The van der Waals surface area contributed by atoms with E-state index in [1.165, 1.54) is 0 Å². The molecule has 0 aliphatic rings. The Morgan fingerprint density at radius 1 is 1.22 bits per heavy atom. The first-order chi connectivity index (χ1) is 8.06. The van der Waals surface area contributed by atoms with E-state index < -0.39 is 33.1 Å². The number of pyridine rings is 1. The van der Waals surface area contributed by atoms with Gasteiger partial charge in [0.15, 0.2) is 12.0 Å². The number of halogens is 7. The topological polar surface area (TPSA) is 39.2 Å². The van der Waals surface area contributed by atoms with Gasteiger partial charge in [-0.2, -0.15) is 13.2 Å². The molecule has 10 heteroatoms. The number of alkyl halides is 6. The molecular formula is C8H2F6INO2. The van der Waals surface area contributed by atoms with Crippen molar-refractivity contribution in [1.29, 1.82) is 0 Å². The first-order valence-electron chi connectivity index (χ1n) is 4.03. The molecule has 0 aliphatic heterocycles. The maximum absolute atomic E-state index is 12.4. The van der Waals surface area contributed by atoms with Crippen LogP contribution in [0.1, 0.15) is 16.1 Å². The van der Waals surface area contributed by atoms with E-state index in [2.05, 4.69) is 9.72 Å². The molecular weight excluding hydrogens is 383 g/mol. The largest absolute Gasteiger partial charge is 0.573 e. The highest BCUT2D eigenvalue weighted by Gasteiger charge is 2.39. The average molecular weight is 385 g/mol. The van der Waals surface area contributed by atoms with E-state index in [1.54, 1.807) is 0 Å². The minimum atomic E-state index is -5.22. The Kier molecular flexibility index (Phi) is 4.08. The van der Waals surface area contributed by atoms with E-state index in [9.17, 15) is 31.1 Å². The predicted molar refractivity (Wildman–Crippen MR) is 54.0 cm³/mol. The van der Waals surface area contributed by atoms with E-state index in [-0.39, 0.29) is 12.5 Å². The van der Waals surface area contributed by atoms with Gasteiger partial charge in [-0.15, -0.1) is 13.2 Å². The quantitative estimate of drug-likeness (QED) is 0.445. The number of hydrogen-bond acceptors (Lipinski definition) is 3. The Labute approximate surface area is 109 Å². The lowest BCUT2D eigenvalue weighted by Crippen LogP contribution is -2.21. The van der Waals surface area contributed by atoms with Gasteiger partial charge in [0, 0.05) is 6.20 Å². The monoisotopic (exact) mass is 385 g/mol.